The highest BCUT2D eigenvalue weighted by molar-refractivity contribution is 14.1. The molecule has 1 atom stereocenters. The van der Waals surface area contributed by atoms with E-state index in [0.29, 0.717) is 17.1 Å². The van der Waals surface area contributed by atoms with Crippen molar-refractivity contribution in [3.63, 3.8) is 0 Å². The Morgan fingerprint density at radius 3 is 2.73 bits per heavy atom. The first-order valence-corrected chi connectivity index (χ1v) is 6.01. The van der Waals surface area contributed by atoms with Gasteiger partial charge in [-0.3, -0.25) is 0 Å². The standard InChI is InChI=1S/C11H14INO2/c1-9(12)7-13-11(14)15-8-10-5-3-2-4-6-10/h2-6,9H,7-8H2,1H3,(H,13,14). The summed E-state index contributed by atoms with van der Waals surface area (Å²) in [5.74, 6) is 0. The lowest BCUT2D eigenvalue weighted by Gasteiger charge is -2.07. The molecule has 15 heavy (non-hydrogen) atoms. The van der Waals surface area contributed by atoms with Crippen LogP contribution in [0.2, 0.25) is 0 Å². The summed E-state index contributed by atoms with van der Waals surface area (Å²) >= 11 is 2.25. The number of benzene rings is 1. The van der Waals surface area contributed by atoms with Crippen LogP contribution in [0.3, 0.4) is 0 Å². The first-order chi connectivity index (χ1) is 7.18. The predicted octanol–water partition coefficient (Wildman–Crippen LogP) is 2.74. The molecule has 1 unspecified atom stereocenters. The minimum atomic E-state index is -0.359. The van der Waals surface area contributed by atoms with Crippen molar-refractivity contribution in [2.45, 2.75) is 17.5 Å². The van der Waals surface area contributed by atoms with E-state index in [1.54, 1.807) is 0 Å². The number of alkyl carbamates (subject to hydrolysis) is 1. The summed E-state index contributed by atoms with van der Waals surface area (Å²) in [6.07, 6.45) is -0.359. The van der Waals surface area contributed by atoms with E-state index >= 15 is 0 Å². The van der Waals surface area contributed by atoms with Crippen LogP contribution < -0.4 is 5.32 Å². The van der Waals surface area contributed by atoms with E-state index in [4.69, 9.17) is 4.74 Å². The quantitative estimate of drug-likeness (QED) is 0.684. The zero-order chi connectivity index (χ0) is 11.1. The highest BCUT2D eigenvalue weighted by Crippen LogP contribution is 2.01. The fraction of sp³-hybridized carbons (Fsp3) is 0.364. The Kier molecular flexibility index (Phi) is 5.45. The first kappa shape index (κ1) is 12.3. The molecule has 1 amide bonds. The molecule has 82 valence electrons. The summed E-state index contributed by atoms with van der Waals surface area (Å²) in [6, 6.07) is 9.62. The summed E-state index contributed by atoms with van der Waals surface area (Å²) < 4.78 is 5.43. The van der Waals surface area contributed by atoms with Crippen LogP contribution in [0.1, 0.15) is 12.5 Å². The van der Waals surface area contributed by atoms with Crippen LogP contribution >= 0.6 is 22.6 Å². The molecule has 3 nitrogen and oxygen atoms in total. The van der Waals surface area contributed by atoms with Crippen LogP contribution in [-0.2, 0) is 11.3 Å². The van der Waals surface area contributed by atoms with E-state index < -0.39 is 0 Å². The highest BCUT2D eigenvalue weighted by atomic mass is 127. The molecule has 4 heteroatoms. The highest BCUT2D eigenvalue weighted by Gasteiger charge is 2.03. The van der Waals surface area contributed by atoms with Gasteiger partial charge in [-0.1, -0.05) is 59.8 Å². The largest absolute Gasteiger partial charge is 0.445 e. The van der Waals surface area contributed by atoms with Gasteiger partial charge < -0.3 is 10.1 Å². The summed E-state index contributed by atoms with van der Waals surface area (Å²) in [4.78, 5) is 11.2. The maximum absolute atomic E-state index is 11.2. The molecular weight excluding hydrogens is 305 g/mol. The van der Waals surface area contributed by atoms with Crippen molar-refractivity contribution in [1.29, 1.82) is 0 Å². The van der Waals surface area contributed by atoms with Gasteiger partial charge in [-0.25, -0.2) is 4.79 Å². The number of alkyl halides is 1. The zero-order valence-electron chi connectivity index (χ0n) is 8.57. The minimum absolute atomic E-state index is 0.322. The van der Waals surface area contributed by atoms with E-state index in [2.05, 4.69) is 27.9 Å². The van der Waals surface area contributed by atoms with Gasteiger partial charge in [-0.15, -0.1) is 0 Å². The van der Waals surface area contributed by atoms with Crippen molar-refractivity contribution < 1.29 is 9.53 Å². The zero-order valence-corrected chi connectivity index (χ0v) is 10.7. The molecule has 0 heterocycles. The van der Waals surface area contributed by atoms with Crippen molar-refractivity contribution >= 4 is 28.7 Å². The Morgan fingerprint density at radius 2 is 2.13 bits per heavy atom. The molecule has 1 N–H and O–H groups in total. The van der Waals surface area contributed by atoms with E-state index in [1.807, 2.05) is 37.3 Å². The Morgan fingerprint density at radius 1 is 1.47 bits per heavy atom. The molecular formula is C11H14INO2. The third-order valence-corrected chi connectivity index (χ3v) is 2.18. The molecule has 0 aliphatic heterocycles. The van der Waals surface area contributed by atoms with Gasteiger partial charge in [0.25, 0.3) is 0 Å². The number of amides is 1. The smallest absolute Gasteiger partial charge is 0.407 e. The number of hydrogen-bond donors (Lipinski definition) is 1. The molecule has 0 aliphatic rings. The van der Waals surface area contributed by atoms with Crippen molar-refractivity contribution in [3.05, 3.63) is 35.9 Å². The van der Waals surface area contributed by atoms with E-state index in [1.165, 1.54) is 0 Å². The van der Waals surface area contributed by atoms with Gasteiger partial charge >= 0.3 is 6.09 Å². The Hall–Kier alpha value is -0.780. The average molecular weight is 319 g/mol. The maximum atomic E-state index is 11.2. The van der Waals surface area contributed by atoms with Crippen LogP contribution in [0.15, 0.2) is 30.3 Å². The molecule has 1 aromatic rings. The van der Waals surface area contributed by atoms with Crippen LogP contribution in [0.5, 0.6) is 0 Å². The van der Waals surface area contributed by atoms with Crippen molar-refractivity contribution in [2.24, 2.45) is 0 Å². The Bertz CT molecular complexity index is 301. The minimum Gasteiger partial charge on any atom is -0.445 e. The van der Waals surface area contributed by atoms with Gasteiger partial charge in [0.1, 0.15) is 6.61 Å². The molecule has 0 radical (unpaired) electrons. The van der Waals surface area contributed by atoms with Crippen molar-refractivity contribution in [3.8, 4) is 0 Å². The normalized spacial score (nSPS) is 11.9. The molecule has 0 spiro atoms. The number of hydrogen-bond acceptors (Lipinski definition) is 2. The third kappa shape index (κ3) is 5.61. The SMILES string of the molecule is CC(I)CNC(=O)OCc1ccccc1. The molecule has 0 saturated carbocycles. The van der Waals surface area contributed by atoms with Crippen LogP contribution in [0.4, 0.5) is 4.79 Å². The second kappa shape index (κ2) is 6.66. The maximum Gasteiger partial charge on any atom is 0.407 e. The molecule has 0 aromatic heterocycles. The molecule has 0 aliphatic carbocycles. The monoisotopic (exact) mass is 319 g/mol. The number of ether oxygens (including phenoxy) is 1. The first-order valence-electron chi connectivity index (χ1n) is 4.77. The predicted molar refractivity (Wildman–Crippen MR) is 68.1 cm³/mol. The number of carbonyl (C=O) groups is 1. The second-order valence-corrected chi connectivity index (χ2v) is 5.35. The Labute approximate surface area is 103 Å². The number of rotatable bonds is 4. The number of halogens is 1. The molecule has 0 fully saturated rings. The van der Waals surface area contributed by atoms with Gasteiger partial charge in [0.05, 0.1) is 0 Å². The van der Waals surface area contributed by atoms with E-state index in [-0.39, 0.29) is 6.09 Å². The van der Waals surface area contributed by atoms with Crippen LogP contribution in [0.25, 0.3) is 0 Å². The average Bonchev–Trinajstić information content (AvgIpc) is 2.25. The lowest BCUT2D eigenvalue weighted by Crippen LogP contribution is -2.28. The lowest BCUT2D eigenvalue weighted by molar-refractivity contribution is 0.140. The van der Waals surface area contributed by atoms with Crippen LogP contribution in [0, 0.1) is 0 Å². The summed E-state index contributed by atoms with van der Waals surface area (Å²) in [7, 11) is 0. The number of nitrogens with one attached hydrogen (secondary N) is 1. The summed E-state index contributed by atoms with van der Waals surface area (Å²) in [5, 5.41) is 2.68. The number of carbonyl (C=O) groups excluding carboxylic acids is 1. The molecule has 0 bridgehead atoms. The molecule has 1 aromatic carbocycles. The van der Waals surface area contributed by atoms with Gasteiger partial charge in [0, 0.05) is 10.5 Å². The third-order valence-electron chi connectivity index (χ3n) is 1.74. The van der Waals surface area contributed by atoms with Gasteiger partial charge in [-0.2, -0.15) is 0 Å². The summed E-state index contributed by atoms with van der Waals surface area (Å²) in [5.41, 5.74) is 0.996. The topological polar surface area (TPSA) is 38.3 Å². The fourth-order valence-corrected chi connectivity index (χ4v) is 1.22. The van der Waals surface area contributed by atoms with Gasteiger partial charge in [-0.05, 0) is 5.56 Å². The lowest BCUT2D eigenvalue weighted by atomic mass is 10.2. The van der Waals surface area contributed by atoms with E-state index in [9.17, 15) is 4.79 Å². The van der Waals surface area contributed by atoms with Crippen LogP contribution in [-0.4, -0.2) is 16.6 Å². The molecule has 0 saturated heterocycles. The second-order valence-electron chi connectivity index (χ2n) is 3.22. The van der Waals surface area contributed by atoms with Crippen molar-refractivity contribution in [1.82, 2.24) is 5.32 Å². The van der Waals surface area contributed by atoms with Gasteiger partial charge in [0.2, 0.25) is 0 Å². The molecule has 1 rings (SSSR count). The summed E-state index contributed by atoms with van der Waals surface area (Å²) in [6.45, 7) is 2.98. The fourth-order valence-electron chi connectivity index (χ4n) is 0.998. The van der Waals surface area contributed by atoms with Crippen molar-refractivity contribution in [2.75, 3.05) is 6.54 Å². The van der Waals surface area contributed by atoms with Gasteiger partial charge in [0.15, 0.2) is 0 Å². The van der Waals surface area contributed by atoms with E-state index in [0.717, 1.165) is 5.56 Å². The Balaban J connectivity index is 2.23.